The Labute approximate surface area is 107 Å². The van der Waals surface area contributed by atoms with Crippen LogP contribution in [0.2, 0.25) is 0 Å². The fourth-order valence-electron chi connectivity index (χ4n) is 2.11. The highest BCUT2D eigenvalue weighted by Gasteiger charge is 2.17. The Kier molecular flexibility index (Phi) is 4.45. The van der Waals surface area contributed by atoms with E-state index in [1.54, 1.807) is 7.11 Å². The minimum Gasteiger partial charge on any atom is -0.493 e. The number of hydrogen-bond acceptors (Lipinski definition) is 3. The zero-order valence-electron chi connectivity index (χ0n) is 10.7. The highest BCUT2D eigenvalue weighted by atomic mass is 16.5. The largest absolute Gasteiger partial charge is 0.493 e. The predicted octanol–water partition coefficient (Wildman–Crippen LogP) is 2.09. The number of hydrogen-bond donors (Lipinski definition) is 0. The molecule has 0 aliphatic carbocycles. The van der Waals surface area contributed by atoms with Crippen LogP contribution in [0.3, 0.4) is 0 Å². The zero-order chi connectivity index (χ0) is 12.8. The summed E-state index contributed by atoms with van der Waals surface area (Å²) < 4.78 is 10.8. The summed E-state index contributed by atoms with van der Waals surface area (Å²) in [5.41, 5.74) is 0. The normalized spacial score (nSPS) is 14.6. The molecule has 1 aliphatic heterocycles. The quantitative estimate of drug-likeness (QED) is 0.802. The Morgan fingerprint density at radius 1 is 1.22 bits per heavy atom. The molecule has 98 valence electrons. The van der Waals surface area contributed by atoms with Gasteiger partial charge in [0.1, 0.15) is 0 Å². The summed E-state index contributed by atoms with van der Waals surface area (Å²) in [5, 5.41) is 0. The maximum absolute atomic E-state index is 11.8. The van der Waals surface area contributed by atoms with Gasteiger partial charge in [-0.3, -0.25) is 4.79 Å². The lowest BCUT2D eigenvalue weighted by molar-refractivity contribution is -0.130. The van der Waals surface area contributed by atoms with Crippen LogP contribution in [0, 0.1) is 0 Å². The van der Waals surface area contributed by atoms with Gasteiger partial charge in [0.2, 0.25) is 5.91 Å². The van der Waals surface area contributed by atoms with Crippen molar-refractivity contribution in [3.8, 4) is 11.5 Å². The standard InChI is InChI=1S/C14H19NO3/c1-17-12-6-2-3-7-13(12)18-11-8-14(16)15-9-4-5-10-15/h2-3,6-7H,4-5,8-11H2,1H3. The van der Waals surface area contributed by atoms with Crippen LogP contribution in [0.4, 0.5) is 0 Å². The predicted molar refractivity (Wildman–Crippen MR) is 68.9 cm³/mol. The maximum atomic E-state index is 11.8. The molecule has 18 heavy (non-hydrogen) atoms. The molecular formula is C14H19NO3. The van der Waals surface area contributed by atoms with E-state index in [9.17, 15) is 4.79 Å². The molecule has 4 heteroatoms. The Morgan fingerprint density at radius 3 is 2.56 bits per heavy atom. The van der Waals surface area contributed by atoms with Gasteiger partial charge in [-0.25, -0.2) is 0 Å². The molecule has 0 spiro atoms. The third-order valence-electron chi connectivity index (χ3n) is 3.10. The minimum atomic E-state index is 0.183. The molecular weight excluding hydrogens is 230 g/mol. The Hall–Kier alpha value is -1.71. The highest BCUT2D eigenvalue weighted by Crippen LogP contribution is 2.25. The molecule has 1 aliphatic rings. The summed E-state index contributed by atoms with van der Waals surface area (Å²) in [6, 6.07) is 7.47. The second-order valence-electron chi connectivity index (χ2n) is 4.34. The van der Waals surface area contributed by atoms with Crippen LogP contribution in [0.1, 0.15) is 19.3 Å². The van der Waals surface area contributed by atoms with Crippen molar-refractivity contribution in [1.29, 1.82) is 0 Å². The number of carbonyl (C=O) groups is 1. The molecule has 0 bridgehead atoms. The number of rotatable bonds is 5. The summed E-state index contributed by atoms with van der Waals surface area (Å²) in [6.07, 6.45) is 2.68. The average molecular weight is 249 g/mol. The number of carbonyl (C=O) groups excluding carboxylic acids is 1. The van der Waals surface area contributed by atoms with E-state index in [-0.39, 0.29) is 5.91 Å². The molecule has 1 aromatic carbocycles. The Bertz CT molecular complexity index is 400. The van der Waals surface area contributed by atoms with Gasteiger partial charge in [0, 0.05) is 13.1 Å². The van der Waals surface area contributed by atoms with Crippen molar-refractivity contribution in [2.24, 2.45) is 0 Å². The van der Waals surface area contributed by atoms with Gasteiger partial charge in [0.05, 0.1) is 20.1 Å². The van der Waals surface area contributed by atoms with Crippen molar-refractivity contribution in [3.05, 3.63) is 24.3 Å². The number of benzene rings is 1. The van der Waals surface area contributed by atoms with E-state index < -0.39 is 0 Å². The smallest absolute Gasteiger partial charge is 0.225 e. The van der Waals surface area contributed by atoms with Crippen molar-refractivity contribution < 1.29 is 14.3 Å². The molecule has 0 aromatic heterocycles. The van der Waals surface area contributed by atoms with Crippen LogP contribution >= 0.6 is 0 Å². The van der Waals surface area contributed by atoms with Crippen LogP contribution in [-0.2, 0) is 4.79 Å². The topological polar surface area (TPSA) is 38.8 Å². The lowest BCUT2D eigenvalue weighted by Crippen LogP contribution is -2.28. The first-order chi connectivity index (χ1) is 8.81. The van der Waals surface area contributed by atoms with E-state index in [4.69, 9.17) is 9.47 Å². The van der Waals surface area contributed by atoms with Crippen molar-refractivity contribution in [1.82, 2.24) is 4.90 Å². The van der Waals surface area contributed by atoms with Crippen molar-refractivity contribution >= 4 is 5.91 Å². The molecule has 0 N–H and O–H groups in total. The SMILES string of the molecule is COc1ccccc1OCCC(=O)N1CCCC1. The monoisotopic (exact) mass is 249 g/mol. The van der Waals surface area contributed by atoms with E-state index in [1.165, 1.54) is 0 Å². The van der Waals surface area contributed by atoms with Gasteiger partial charge in [0.15, 0.2) is 11.5 Å². The van der Waals surface area contributed by atoms with Crippen molar-refractivity contribution in [2.45, 2.75) is 19.3 Å². The second kappa shape index (κ2) is 6.28. The van der Waals surface area contributed by atoms with Gasteiger partial charge < -0.3 is 14.4 Å². The molecule has 0 atom stereocenters. The third-order valence-corrected chi connectivity index (χ3v) is 3.10. The number of nitrogens with zero attached hydrogens (tertiary/aromatic N) is 1. The molecule has 0 radical (unpaired) electrons. The number of para-hydroxylation sites is 2. The van der Waals surface area contributed by atoms with Gasteiger partial charge in [-0.2, -0.15) is 0 Å². The van der Waals surface area contributed by atoms with Gasteiger partial charge >= 0.3 is 0 Å². The summed E-state index contributed by atoms with van der Waals surface area (Å²) in [4.78, 5) is 13.7. The number of likely N-dealkylation sites (tertiary alicyclic amines) is 1. The molecule has 0 unspecified atom stereocenters. The molecule has 1 fully saturated rings. The zero-order valence-corrected chi connectivity index (χ0v) is 10.7. The Morgan fingerprint density at radius 2 is 1.89 bits per heavy atom. The lowest BCUT2D eigenvalue weighted by Gasteiger charge is -2.15. The van der Waals surface area contributed by atoms with E-state index in [0.29, 0.717) is 24.5 Å². The second-order valence-corrected chi connectivity index (χ2v) is 4.34. The molecule has 1 saturated heterocycles. The lowest BCUT2D eigenvalue weighted by atomic mass is 10.3. The first-order valence-corrected chi connectivity index (χ1v) is 6.35. The third kappa shape index (κ3) is 3.15. The van der Waals surface area contributed by atoms with Crippen LogP contribution in [0.5, 0.6) is 11.5 Å². The summed E-state index contributed by atoms with van der Waals surface area (Å²) >= 11 is 0. The molecule has 0 saturated carbocycles. The minimum absolute atomic E-state index is 0.183. The van der Waals surface area contributed by atoms with Crippen LogP contribution < -0.4 is 9.47 Å². The van der Waals surface area contributed by atoms with Gasteiger partial charge in [-0.15, -0.1) is 0 Å². The fourth-order valence-corrected chi connectivity index (χ4v) is 2.11. The number of ether oxygens (including phenoxy) is 2. The fraction of sp³-hybridized carbons (Fsp3) is 0.500. The first-order valence-electron chi connectivity index (χ1n) is 6.35. The van der Waals surface area contributed by atoms with Crippen LogP contribution in [-0.4, -0.2) is 37.6 Å². The van der Waals surface area contributed by atoms with Crippen molar-refractivity contribution in [3.63, 3.8) is 0 Å². The molecule has 1 amide bonds. The van der Waals surface area contributed by atoms with Crippen LogP contribution in [0.25, 0.3) is 0 Å². The van der Waals surface area contributed by atoms with Gasteiger partial charge in [-0.1, -0.05) is 12.1 Å². The molecule has 2 rings (SSSR count). The van der Waals surface area contributed by atoms with E-state index >= 15 is 0 Å². The summed E-state index contributed by atoms with van der Waals surface area (Å²) in [7, 11) is 1.61. The highest BCUT2D eigenvalue weighted by molar-refractivity contribution is 5.76. The molecule has 1 heterocycles. The van der Waals surface area contributed by atoms with E-state index in [1.807, 2.05) is 29.2 Å². The number of methoxy groups -OCH3 is 1. The van der Waals surface area contributed by atoms with E-state index in [0.717, 1.165) is 25.9 Å². The summed E-state index contributed by atoms with van der Waals surface area (Å²) in [6.45, 7) is 2.19. The van der Waals surface area contributed by atoms with Gasteiger partial charge in [0.25, 0.3) is 0 Å². The van der Waals surface area contributed by atoms with Crippen LogP contribution in [0.15, 0.2) is 24.3 Å². The van der Waals surface area contributed by atoms with Crippen molar-refractivity contribution in [2.75, 3.05) is 26.8 Å². The molecule has 1 aromatic rings. The first kappa shape index (κ1) is 12.7. The maximum Gasteiger partial charge on any atom is 0.225 e. The molecule has 4 nitrogen and oxygen atoms in total. The Balaban J connectivity index is 1.79. The van der Waals surface area contributed by atoms with Gasteiger partial charge in [-0.05, 0) is 25.0 Å². The number of amides is 1. The van der Waals surface area contributed by atoms with E-state index in [2.05, 4.69) is 0 Å². The summed E-state index contributed by atoms with van der Waals surface area (Å²) in [5.74, 6) is 1.57. The average Bonchev–Trinajstić information content (AvgIpc) is 2.93.